The van der Waals surface area contributed by atoms with E-state index in [0.717, 1.165) is 24.0 Å². The van der Waals surface area contributed by atoms with Crippen LogP contribution in [0.4, 0.5) is 10.1 Å². The van der Waals surface area contributed by atoms with Crippen LogP contribution in [0.15, 0.2) is 18.2 Å². The van der Waals surface area contributed by atoms with Gasteiger partial charge in [-0.05, 0) is 30.4 Å². The van der Waals surface area contributed by atoms with Crippen molar-refractivity contribution in [3.63, 3.8) is 0 Å². The van der Waals surface area contributed by atoms with Crippen LogP contribution in [-0.2, 0) is 0 Å². The van der Waals surface area contributed by atoms with Crippen LogP contribution in [-0.4, -0.2) is 40.8 Å². The average molecular weight is 273 g/mol. The number of aromatic carboxylic acids is 1. The summed E-state index contributed by atoms with van der Waals surface area (Å²) in [4.78, 5) is 10.6. The summed E-state index contributed by atoms with van der Waals surface area (Å²) in [5.41, 5.74) is 0.248. The second-order valence-corrected chi connectivity index (χ2v) is 4.84. The maximum atomic E-state index is 13.5. The molecule has 18 heavy (non-hydrogen) atoms. The number of carbonyl (C=O) groups is 1. The first-order chi connectivity index (χ1) is 8.65. The Morgan fingerprint density at radius 3 is 2.78 bits per heavy atom. The predicted molar refractivity (Wildman–Crippen MR) is 70.9 cm³/mol. The summed E-state index contributed by atoms with van der Waals surface area (Å²) in [6.07, 6.45) is 0.756. The van der Waals surface area contributed by atoms with Crippen molar-refractivity contribution >= 4 is 23.4 Å². The Balaban J connectivity index is 2.36. The molecule has 4 nitrogen and oxygen atoms in total. The summed E-state index contributed by atoms with van der Waals surface area (Å²) in [6, 6.07) is 3.80. The molecule has 0 aliphatic heterocycles. The monoisotopic (exact) mass is 273 g/mol. The van der Waals surface area contributed by atoms with Gasteiger partial charge in [0, 0.05) is 18.9 Å². The minimum absolute atomic E-state index is 0.0598. The molecule has 0 aliphatic carbocycles. The quantitative estimate of drug-likeness (QED) is 0.632. The third kappa shape index (κ3) is 4.93. The van der Waals surface area contributed by atoms with E-state index in [9.17, 15) is 9.18 Å². The molecule has 0 amide bonds. The Kier molecular flexibility index (Phi) is 6.53. The summed E-state index contributed by atoms with van der Waals surface area (Å²) < 4.78 is 13.5. The number of benzene rings is 1. The molecular weight excluding hydrogens is 257 g/mol. The average Bonchev–Trinajstić information content (AvgIpc) is 2.35. The zero-order valence-corrected chi connectivity index (χ0v) is 10.7. The molecule has 1 rings (SSSR count). The number of nitrogens with one attached hydrogen (secondary N) is 1. The lowest BCUT2D eigenvalue weighted by Crippen LogP contribution is -2.07. The number of hydrogen-bond acceptors (Lipinski definition) is 4. The summed E-state index contributed by atoms with van der Waals surface area (Å²) in [7, 11) is 0. The first-order valence-electron chi connectivity index (χ1n) is 5.60. The van der Waals surface area contributed by atoms with Crippen LogP contribution < -0.4 is 5.32 Å². The van der Waals surface area contributed by atoms with Gasteiger partial charge in [-0.1, -0.05) is 0 Å². The third-order valence-electron chi connectivity index (χ3n) is 2.22. The number of carboxylic acid groups (broad SMARTS) is 1. The molecule has 0 unspecified atom stereocenters. The number of hydrogen-bond donors (Lipinski definition) is 3. The van der Waals surface area contributed by atoms with Gasteiger partial charge in [0.05, 0.1) is 11.3 Å². The number of thioether (sulfide) groups is 1. The molecule has 0 saturated heterocycles. The normalized spacial score (nSPS) is 10.3. The van der Waals surface area contributed by atoms with Gasteiger partial charge in [0.15, 0.2) is 0 Å². The maximum absolute atomic E-state index is 13.5. The Morgan fingerprint density at radius 1 is 1.39 bits per heavy atom. The van der Waals surface area contributed by atoms with Crippen molar-refractivity contribution < 1.29 is 19.4 Å². The van der Waals surface area contributed by atoms with Crippen molar-refractivity contribution in [1.29, 1.82) is 0 Å². The fourth-order valence-electron chi connectivity index (χ4n) is 1.32. The molecule has 3 N–H and O–H groups in total. The second-order valence-electron chi connectivity index (χ2n) is 3.62. The molecule has 0 fully saturated rings. The largest absolute Gasteiger partial charge is 0.478 e. The number of aliphatic hydroxyl groups is 1. The molecule has 0 aliphatic rings. The molecular formula is C12H16FNO3S. The summed E-state index contributed by atoms with van der Waals surface area (Å²) in [5.74, 6) is -0.0195. The van der Waals surface area contributed by atoms with E-state index in [0.29, 0.717) is 12.2 Å². The molecule has 1 aromatic carbocycles. The van der Waals surface area contributed by atoms with Crippen LogP contribution >= 0.6 is 11.8 Å². The van der Waals surface area contributed by atoms with Crippen LogP contribution in [0.3, 0.4) is 0 Å². The Morgan fingerprint density at radius 2 is 2.17 bits per heavy atom. The standard InChI is InChI=1S/C12H16FNO3S/c13-10-8-9(12(16)17)2-3-11(10)14-4-7-18-6-1-5-15/h2-3,8,14-15H,1,4-7H2,(H,16,17). The van der Waals surface area contributed by atoms with E-state index < -0.39 is 11.8 Å². The minimum atomic E-state index is -1.14. The molecule has 0 spiro atoms. The third-order valence-corrected chi connectivity index (χ3v) is 3.29. The van der Waals surface area contributed by atoms with Gasteiger partial charge < -0.3 is 15.5 Å². The van der Waals surface area contributed by atoms with E-state index in [2.05, 4.69) is 5.32 Å². The summed E-state index contributed by atoms with van der Waals surface area (Å²) in [6.45, 7) is 0.783. The van der Waals surface area contributed by atoms with Gasteiger partial charge in [0.2, 0.25) is 0 Å². The minimum Gasteiger partial charge on any atom is -0.478 e. The fourth-order valence-corrected chi connectivity index (χ4v) is 2.10. The number of carboxylic acids is 1. The van der Waals surface area contributed by atoms with Crippen LogP contribution in [0.5, 0.6) is 0 Å². The number of halogens is 1. The second kappa shape index (κ2) is 7.94. The van der Waals surface area contributed by atoms with Crippen LogP contribution in [0, 0.1) is 5.82 Å². The van der Waals surface area contributed by atoms with Gasteiger partial charge in [-0.25, -0.2) is 9.18 Å². The molecule has 100 valence electrons. The lowest BCUT2D eigenvalue weighted by Gasteiger charge is -2.07. The molecule has 0 heterocycles. The van der Waals surface area contributed by atoms with Crippen molar-refractivity contribution in [2.75, 3.05) is 30.0 Å². The maximum Gasteiger partial charge on any atom is 0.335 e. The topological polar surface area (TPSA) is 69.6 Å². The van der Waals surface area contributed by atoms with E-state index in [1.54, 1.807) is 11.8 Å². The lowest BCUT2D eigenvalue weighted by molar-refractivity contribution is 0.0696. The number of rotatable bonds is 8. The highest BCUT2D eigenvalue weighted by Crippen LogP contribution is 2.16. The molecule has 0 radical (unpaired) electrons. The van der Waals surface area contributed by atoms with E-state index >= 15 is 0 Å². The smallest absolute Gasteiger partial charge is 0.335 e. The SMILES string of the molecule is O=C(O)c1ccc(NCCSCCCO)c(F)c1. The highest BCUT2D eigenvalue weighted by atomic mass is 32.2. The Labute approximate surface area is 109 Å². The predicted octanol–water partition coefficient (Wildman–Crippen LogP) is 2.05. The van der Waals surface area contributed by atoms with E-state index in [1.165, 1.54) is 12.1 Å². The first kappa shape index (κ1) is 14.8. The number of aliphatic hydroxyl groups excluding tert-OH is 1. The molecule has 1 aromatic rings. The fraction of sp³-hybridized carbons (Fsp3) is 0.417. The van der Waals surface area contributed by atoms with E-state index in [4.69, 9.17) is 10.2 Å². The van der Waals surface area contributed by atoms with Crippen molar-refractivity contribution in [3.8, 4) is 0 Å². The molecule has 0 saturated carbocycles. The van der Waals surface area contributed by atoms with Crippen LogP contribution in [0.2, 0.25) is 0 Å². The van der Waals surface area contributed by atoms with Gasteiger partial charge >= 0.3 is 5.97 Å². The Hall–Kier alpha value is -1.27. The van der Waals surface area contributed by atoms with Gasteiger partial charge in [0.1, 0.15) is 5.82 Å². The molecule has 6 heteroatoms. The van der Waals surface area contributed by atoms with Crippen LogP contribution in [0.25, 0.3) is 0 Å². The lowest BCUT2D eigenvalue weighted by atomic mass is 10.2. The van der Waals surface area contributed by atoms with Crippen molar-refractivity contribution in [3.05, 3.63) is 29.6 Å². The van der Waals surface area contributed by atoms with Gasteiger partial charge in [0.25, 0.3) is 0 Å². The van der Waals surface area contributed by atoms with Gasteiger partial charge in [-0.3, -0.25) is 0 Å². The van der Waals surface area contributed by atoms with Crippen molar-refractivity contribution in [2.24, 2.45) is 0 Å². The van der Waals surface area contributed by atoms with Crippen molar-refractivity contribution in [2.45, 2.75) is 6.42 Å². The Bertz CT molecular complexity index is 401. The van der Waals surface area contributed by atoms with Crippen molar-refractivity contribution in [1.82, 2.24) is 0 Å². The zero-order chi connectivity index (χ0) is 13.4. The van der Waals surface area contributed by atoms with E-state index in [1.807, 2.05) is 0 Å². The van der Waals surface area contributed by atoms with E-state index in [-0.39, 0.29) is 12.2 Å². The zero-order valence-electron chi connectivity index (χ0n) is 9.86. The highest BCUT2D eigenvalue weighted by Gasteiger charge is 2.07. The summed E-state index contributed by atoms with van der Waals surface area (Å²) in [5, 5.41) is 20.2. The molecule has 0 aromatic heterocycles. The molecule has 0 bridgehead atoms. The summed E-state index contributed by atoms with van der Waals surface area (Å²) >= 11 is 1.67. The van der Waals surface area contributed by atoms with Gasteiger partial charge in [-0.15, -0.1) is 0 Å². The number of anilines is 1. The first-order valence-corrected chi connectivity index (χ1v) is 6.76. The van der Waals surface area contributed by atoms with Crippen LogP contribution in [0.1, 0.15) is 16.8 Å². The van der Waals surface area contributed by atoms with Gasteiger partial charge in [-0.2, -0.15) is 11.8 Å². The molecule has 0 atom stereocenters. The highest BCUT2D eigenvalue weighted by molar-refractivity contribution is 7.99.